The van der Waals surface area contributed by atoms with Crippen molar-refractivity contribution >= 4 is 28.4 Å². The maximum atomic E-state index is 5.87. The Kier molecular flexibility index (Phi) is 7.36. The van der Waals surface area contributed by atoms with Crippen LogP contribution >= 0.6 is 23.5 Å². The highest BCUT2D eigenvalue weighted by atomic mass is 32.2. The summed E-state index contributed by atoms with van der Waals surface area (Å²) in [5.41, 5.74) is 1.25. The van der Waals surface area contributed by atoms with Gasteiger partial charge in [0.25, 0.3) is 0 Å². The molecule has 1 aliphatic carbocycles. The van der Waals surface area contributed by atoms with Gasteiger partial charge in [-0.1, -0.05) is 30.8 Å². The molecule has 0 aromatic heterocycles. The molecule has 0 saturated carbocycles. The Balaban J connectivity index is 1.41. The van der Waals surface area contributed by atoms with Gasteiger partial charge in [0.1, 0.15) is 17.8 Å². The van der Waals surface area contributed by atoms with Gasteiger partial charge in [-0.2, -0.15) is 0 Å². The normalized spacial score (nSPS) is 25.8. The second kappa shape index (κ2) is 10.5. The highest BCUT2D eigenvalue weighted by Gasteiger charge is 2.56. The SMILES string of the molecule is COC1=CCC2(C)C(Sc3ccc(O/C=C/N4CCCC4)cc3)=C(c3ccc(OC)cc3)SC2(C)C1. The molecule has 4 nitrogen and oxygen atoms in total. The Morgan fingerprint density at radius 2 is 1.61 bits per heavy atom. The van der Waals surface area contributed by atoms with Crippen molar-refractivity contribution in [3.8, 4) is 11.5 Å². The van der Waals surface area contributed by atoms with Crippen LogP contribution in [-0.4, -0.2) is 37.0 Å². The van der Waals surface area contributed by atoms with Crippen LogP contribution in [0.15, 0.2) is 82.6 Å². The summed E-state index contributed by atoms with van der Waals surface area (Å²) < 4.78 is 17.0. The minimum atomic E-state index is 0.00720. The van der Waals surface area contributed by atoms with E-state index in [2.05, 4.69) is 79.6 Å². The molecule has 2 aliphatic heterocycles. The van der Waals surface area contributed by atoms with Gasteiger partial charge >= 0.3 is 0 Å². The molecule has 0 spiro atoms. The molecular weight excluding hydrogens is 486 g/mol. The lowest BCUT2D eigenvalue weighted by atomic mass is 9.69. The number of benzene rings is 2. The van der Waals surface area contributed by atoms with E-state index >= 15 is 0 Å². The number of allylic oxidation sites excluding steroid dienone is 3. The highest BCUT2D eigenvalue weighted by Crippen LogP contribution is 2.69. The summed E-state index contributed by atoms with van der Waals surface area (Å²) in [6.07, 6.45) is 10.6. The standard InChI is InChI=1S/C30H35NO3S2/c1-29-16-15-25(33-4)21-30(29,2)36-27(22-7-9-23(32-3)10-8-22)28(29)35-26-13-11-24(12-14-26)34-20-19-31-17-5-6-18-31/h7-15,19-20H,5-6,16-18,21H2,1-4H3/b20-19+. The van der Waals surface area contributed by atoms with Gasteiger partial charge in [-0.3, -0.25) is 0 Å². The van der Waals surface area contributed by atoms with E-state index in [0.29, 0.717) is 0 Å². The molecule has 3 aliphatic rings. The maximum Gasteiger partial charge on any atom is 0.126 e. The van der Waals surface area contributed by atoms with E-state index in [9.17, 15) is 0 Å². The molecule has 0 N–H and O–H groups in total. The highest BCUT2D eigenvalue weighted by molar-refractivity contribution is 8.12. The van der Waals surface area contributed by atoms with Crippen LogP contribution in [0.2, 0.25) is 0 Å². The van der Waals surface area contributed by atoms with Crippen LogP contribution in [0.1, 0.15) is 45.1 Å². The van der Waals surface area contributed by atoms with Crippen molar-refractivity contribution in [1.29, 1.82) is 0 Å². The number of rotatable bonds is 8. The molecule has 2 atom stereocenters. The molecule has 0 radical (unpaired) electrons. The van der Waals surface area contributed by atoms with Gasteiger partial charge in [-0.15, -0.1) is 11.8 Å². The first-order valence-corrected chi connectivity index (χ1v) is 14.2. The molecule has 0 bridgehead atoms. The molecule has 190 valence electrons. The number of fused-ring (bicyclic) bond motifs is 1. The molecule has 1 saturated heterocycles. The third kappa shape index (κ3) is 4.90. The first-order valence-electron chi connectivity index (χ1n) is 12.6. The van der Waals surface area contributed by atoms with Crippen molar-refractivity contribution in [2.24, 2.45) is 5.41 Å². The van der Waals surface area contributed by atoms with Gasteiger partial charge in [0.2, 0.25) is 0 Å². The van der Waals surface area contributed by atoms with Crippen molar-refractivity contribution in [1.82, 2.24) is 4.90 Å². The van der Waals surface area contributed by atoms with E-state index in [-0.39, 0.29) is 10.2 Å². The van der Waals surface area contributed by atoms with Crippen LogP contribution in [0, 0.1) is 5.41 Å². The van der Waals surface area contributed by atoms with E-state index in [1.54, 1.807) is 20.5 Å². The Morgan fingerprint density at radius 3 is 2.28 bits per heavy atom. The predicted molar refractivity (Wildman–Crippen MR) is 151 cm³/mol. The molecule has 36 heavy (non-hydrogen) atoms. The summed E-state index contributed by atoms with van der Waals surface area (Å²) in [5, 5.41) is 0. The first-order chi connectivity index (χ1) is 17.4. The van der Waals surface area contributed by atoms with Crippen molar-refractivity contribution in [2.75, 3.05) is 27.3 Å². The van der Waals surface area contributed by atoms with E-state index in [0.717, 1.165) is 43.2 Å². The molecule has 2 aromatic rings. The predicted octanol–water partition coefficient (Wildman–Crippen LogP) is 7.94. The fourth-order valence-electron chi connectivity index (χ4n) is 5.17. The molecular formula is C30H35NO3S2. The van der Waals surface area contributed by atoms with Gasteiger partial charge in [-0.25, -0.2) is 0 Å². The lowest BCUT2D eigenvalue weighted by molar-refractivity contribution is 0.209. The minimum Gasteiger partial charge on any atom is -0.501 e. The molecule has 0 amide bonds. The second-order valence-electron chi connectivity index (χ2n) is 10.0. The van der Waals surface area contributed by atoms with Crippen LogP contribution in [0.5, 0.6) is 11.5 Å². The van der Waals surface area contributed by atoms with Gasteiger partial charge in [0.15, 0.2) is 0 Å². The van der Waals surface area contributed by atoms with Crippen molar-refractivity contribution in [3.05, 3.63) is 83.3 Å². The smallest absolute Gasteiger partial charge is 0.126 e. The third-order valence-electron chi connectivity index (χ3n) is 7.73. The van der Waals surface area contributed by atoms with Gasteiger partial charge in [0, 0.05) is 50.6 Å². The molecule has 2 unspecified atom stereocenters. The van der Waals surface area contributed by atoms with Crippen molar-refractivity contribution in [3.63, 3.8) is 0 Å². The fraction of sp³-hybridized carbons (Fsp3) is 0.400. The Bertz CT molecular complexity index is 1170. The summed E-state index contributed by atoms with van der Waals surface area (Å²) in [4.78, 5) is 6.31. The molecule has 6 heteroatoms. The van der Waals surface area contributed by atoms with Gasteiger partial charge in [0.05, 0.1) is 20.0 Å². The number of hydrogen-bond donors (Lipinski definition) is 0. The fourth-order valence-corrected chi connectivity index (χ4v) is 8.39. The quantitative estimate of drug-likeness (QED) is 0.328. The van der Waals surface area contributed by atoms with Crippen molar-refractivity contribution < 1.29 is 14.2 Å². The zero-order valence-corrected chi connectivity index (χ0v) is 23.2. The van der Waals surface area contributed by atoms with Crippen LogP contribution in [0.25, 0.3) is 4.91 Å². The second-order valence-corrected chi connectivity index (χ2v) is 12.6. The Hall–Kier alpha value is -2.44. The number of ether oxygens (including phenoxy) is 3. The third-order valence-corrected chi connectivity index (χ3v) is 10.9. The monoisotopic (exact) mass is 521 g/mol. The summed E-state index contributed by atoms with van der Waals surface area (Å²) in [6, 6.07) is 16.9. The van der Waals surface area contributed by atoms with Crippen LogP contribution < -0.4 is 9.47 Å². The summed E-state index contributed by atoms with van der Waals surface area (Å²) in [6.45, 7) is 7.06. The minimum absolute atomic E-state index is 0.00720. The van der Waals surface area contributed by atoms with Crippen LogP contribution in [0.3, 0.4) is 0 Å². The van der Waals surface area contributed by atoms with E-state index in [4.69, 9.17) is 14.2 Å². The summed E-state index contributed by atoms with van der Waals surface area (Å²) >= 11 is 3.88. The average molecular weight is 522 g/mol. The largest absolute Gasteiger partial charge is 0.501 e. The Morgan fingerprint density at radius 1 is 0.917 bits per heavy atom. The number of nitrogens with zero attached hydrogens (tertiary/aromatic N) is 1. The average Bonchev–Trinajstić information content (AvgIpc) is 3.49. The van der Waals surface area contributed by atoms with Gasteiger partial charge in [-0.05, 0) is 74.2 Å². The molecule has 1 fully saturated rings. The summed E-state index contributed by atoms with van der Waals surface area (Å²) in [5.74, 6) is 2.83. The number of likely N-dealkylation sites (tertiary alicyclic amines) is 1. The van der Waals surface area contributed by atoms with Crippen LogP contribution in [-0.2, 0) is 4.74 Å². The van der Waals surface area contributed by atoms with Crippen molar-refractivity contribution in [2.45, 2.75) is 49.2 Å². The van der Waals surface area contributed by atoms with Crippen LogP contribution in [0.4, 0.5) is 0 Å². The van der Waals surface area contributed by atoms with E-state index in [1.807, 2.05) is 23.5 Å². The maximum absolute atomic E-state index is 5.87. The zero-order valence-electron chi connectivity index (χ0n) is 21.6. The topological polar surface area (TPSA) is 30.9 Å². The lowest BCUT2D eigenvalue weighted by Crippen LogP contribution is -2.41. The number of methoxy groups -OCH3 is 2. The molecule has 2 heterocycles. The van der Waals surface area contributed by atoms with E-state index < -0.39 is 0 Å². The Labute approximate surface area is 223 Å². The van der Waals surface area contributed by atoms with Gasteiger partial charge < -0.3 is 19.1 Å². The van der Waals surface area contributed by atoms with E-state index in [1.165, 1.54) is 33.1 Å². The first kappa shape index (κ1) is 25.2. The zero-order chi connectivity index (χ0) is 25.2. The lowest BCUT2D eigenvalue weighted by Gasteiger charge is -2.44. The number of hydrogen-bond acceptors (Lipinski definition) is 6. The molecule has 5 rings (SSSR count). The molecule has 2 aromatic carbocycles. The summed E-state index contributed by atoms with van der Waals surface area (Å²) in [7, 11) is 3.50. The number of thioether (sulfide) groups is 2.